The molecule has 6 heteroatoms. The molecule has 63 heavy (non-hydrogen) atoms. The first-order valence-corrected chi connectivity index (χ1v) is 28.2. The third-order valence-electron chi connectivity index (χ3n) is 12.8. The molecule has 0 saturated carbocycles. The number of rotatable bonds is 52. The van der Waals surface area contributed by atoms with Gasteiger partial charge in [-0.3, -0.25) is 14.4 Å². The lowest BCUT2D eigenvalue weighted by Crippen LogP contribution is -2.30. The molecule has 0 amide bonds. The molecule has 0 bridgehead atoms. The molecule has 0 aliphatic rings. The Kier molecular flexibility index (Phi) is 51.2. The monoisotopic (exact) mass is 889 g/mol. The number of hydrogen-bond acceptors (Lipinski definition) is 6. The predicted molar refractivity (Wildman–Crippen MR) is 270 cm³/mol. The van der Waals surface area contributed by atoms with Gasteiger partial charge in [0, 0.05) is 19.3 Å². The van der Waals surface area contributed by atoms with E-state index in [1.165, 1.54) is 212 Å². The van der Waals surface area contributed by atoms with Crippen LogP contribution in [0, 0.1) is 0 Å². The molecule has 0 N–H and O–H groups in total. The van der Waals surface area contributed by atoms with Crippen LogP contribution in [0.15, 0.2) is 12.2 Å². The first kappa shape index (κ1) is 61.1. The number of allylic oxidation sites excluding steroid dienone is 2. The molecule has 0 aromatic heterocycles. The number of carbonyl (C=O) groups is 3. The quantitative estimate of drug-likeness (QED) is 0.0262. The van der Waals surface area contributed by atoms with Crippen LogP contribution in [0.25, 0.3) is 0 Å². The van der Waals surface area contributed by atoms with Gasteiger partial charge in [-0.25, -0.2) is 0 Å². The molecular formula is C57H108O6. The molecule has 0 aromatic rings. The van der Waals surface area contributed by atoms with Gasteiger partial charge in [-0.05, 0) is 38.5 Å². The Morgan fingerprint density at radius 1 is 0.302 bits per heavy atom. The fourth-order valence-corrected chi connectivity index (χ4v) is 8.49. The summed E-state index contributed by atoms with van der Waals surface area (Å²) < 4.78 is 16.7. The summed E-state index contributed by atoms with van der Waals surface area (Å²) in [4.78, 5) is 37.7. The molecule has 372 valence electrons. The maximum atomic E-state index is 12.7. The highest BCUT2D eigenvalue weighted by Gasteiger charge is 2.19. The summed E-state index contributed by atoms with van der Waals surface area (Å²) in [6.45, 7) is 6.57. The minimum atomic E-state index is -0.766. The van der Waals surface area contributed by atoms with Gasteiger partial charge >= 0.3 is 17.9 Å². The number of esters is 3. The summed E-state index contributed by atoms with van der Waals surface area (Å²) in [5.41, 5.74) is 0. The second-order valence-electron chi connectivity index (χ2n) is 19.2. The standard InChI is InChI=1S/C57H108O6/c1-4-7-10-13-16-18-20-21-22-23-24-25-26-27-28-29-30-31-32-33-34-35-36-38-39-41-44-47-50-56(59)62-53-54(52-61-55(58)49-46-43-15-12-9-6-3)63-57(60)51-48-45-42-40-37-19-17-14-11-8-5-2/h14,17,54H,4-13,15-16,18-53H2,1-3H3/b17-14-. The van der Waals surface area contributed by atoms with E-state index in [4.69, 9.17) is 14.2 Å². The summed E-state index contributed by atoms with van der Waals surface area (Å²) in [6.07, 6.45) is 59.8. The highest BCUT2D eigenvalue weighted by molar-refractivity contribution is 5.71. The van der Waals surface area contributed by atoms with Gasteiger partial charge in [-0.2, -0.15) is 0 Å². The third-order valence-corrected chi connectivity index (χ3v) is 12.8. The molecule has 0 saturated heterocycles. The van der Waals surface area contributed by atoms with Crippen LogP contribution in [-0.4, -0.2) is 37.2 Å². The van der Waals surface area contributed by atoms with Crippen molar-refractivity contribution in [3.63, 3.8) is 0 Å². The minimum Gasteiger partial charge on any atom is -0.462 e. The van der Waals surface area contributed by atoms with Crippen LogP contribution >= 0.6 is 0 Å². The molecule has 0 aliphatic carbocycles. The SMILES string of the molecule is CCCC/C=C\CCCCCCCC(=O)OC(COC(=O)CCCCCCCC)COC(=O)CCCCCCCCCCCCCCCCCCCCCCCCCCCCCC. The van der Waals surface area contributed by atoms with Crippen LogP contribution in [0.2, 0.25) is 0 Å². The molecule has 0 heterocycles. The van der Waals surface area contributed by atoms with Crippen LogP contribution in [0.1, 0.15) is 316 Å². The lowest BCUT2D eigenvalue weighted by Gasteiger charge is -2.18. The van der Waals surface area contributed by atoms with E-state index >= 15 is 0 Å². The van der Waals surface area contributed by atoms with E-state index in [-0.39, 0.29) is 31.1 Å². The Morgan fingerprint density at radius 3 is 0.841 bits per heavy atom. The van der Waals surface area contributed by atoms with E-state index in [9.17, 15) is 14.4 Å². The summed E-state index contributed by atoms with van der Waals surface area (Å²) in [5, 5.41) is 0. The summed E-state index contributed by atoms with van der Waals surface area (Å²) in [6, 6.07) is 0. The number of carbonyl (C=O) groups excluding carboxylic acids is 3. The molecule has 0 aromatic carbocycles. The Hall–Kier alpha value is -1.85. The highest BCUT2D eigenvalue weighted by Crippen LogP contribution is 2.17. The fourth-order valence-electron chi connectivity index (χ4n) is 8.49. The lowest BCUT2D eigenvalue weighted by molar-refractivity contribution is -0.167. The maximum absolute atomic E-state index is 12.7. The van der Waals surface area contributed by atoms with Gasteiger partial charge in [0.25, 0.3) is 0 Å². The lowest BCUT2D eigenvalue weighted by atomic mass is 10.0. The van der Waals surface area contributed by atoms with Gasteiger partial charge in [0.1, 0.15) is 13.2 Å². The van der Waals surface area contributed by atoms with Crippen molar-refractivity contribution in [1.82, 2.24) is 0 Å². The number of ether oxygens (including phenoxy) is 3. The van der Waals surface area contributed by atoms with Gasteiger partial charge in [0.05, 0.1) is 0 Å². The molecular weight excluding hydrogens is 781 g/mol. The van der Waals surface area contributed by atoms with Crippen LogP contribution in [0.4, 0.5) is 0 Å². The average molecular weight is 889 g/mol. The zero-order valence-corrected chi connectivity index (χ0v) is 42.6. The molecule has 6 nitrogen and oxygen atoms in total. The third kappa shape index (κ3) is 51.0. The van der Waals surface area contributed by atoms with Crippen molar-refractivity contribution in [2.24, 2.45) is 0 Å². The number of unbranched alkanes of at least 4 members (excludes halogenated alkanes) is 39. The van der Waals surface area contributed by atoms with Gasteiger partial charge < -0.3 is 14.2 Å². The average Bonchev–Trinajstić information content (AvgIpc) is 3.28. The van der Waals surface area contributed by atoms with Crippen molar-refractivity contribution in [3.8, 4) is 0 Å². The Bertz CT molecular complexity index is 978. The smallest absolute Gasteiger partial charge is 0.306 e. The summed E-state index contributed by atoms with van der Waals surface area (Å²) >= 11 is 0. The zero-order chi connectivity index (χ0) is 45.8. The van der Waals surface area contributed by atoms with E-state index in [2.05, 4.69) is 32.9 Å². The van der Waals surface area contributed by atoms with Crippen LogP contribution in [0.3, 0.4) is 0 Å². The molecule has 1 atom stereocenters. The van der Waals surface area contributed by atoms with E-state index in [1.54, 1.807) is 0 Å². The largest absolute Gasteiger partial charge is 0.462 e. The van der Waals surface area contributed by atoms with E-state index in [1.807, 2.05) is 0 Å². The Balaban J connectivity index is 3.92. The van der Waals surface area contributed by atoms with Gasteiger partial charge in [-0.1, -0.05) is 270 Å². The molecule has 0 rings (SSSR count). The summed E-state index contributed by atoms with van der Waals surface area (Å²) in [5.74, 6) is -0.874. The predicted octanol–water partition coefficient (Wildman–Crippen LogP) is 18.5. The van der Waals surface area contributed by atoms with Crippen molar-refractivity contribution in [2.75, 3.05) is 13.2 Å². The second-order valence-corrected chi connectivity index (χ2v) is 19.2. The molecule has 1 unspecified atom stereocenters. The van der Waals surface area contributed by atoms with Crippen molar-refractivity contribution in [1.29, 1.82) is 0 Å². The minimum absolute atomic E-state index is 0.0693. The van der Waals surface area contributed by atoms with E-state index < -0.39 is 6.10 Å². The second kappa shape index (κ2) is 52.8. The van der Waals surface area contributed by atoms with Gasteiger partial charge in [-0.15, -0.1) is 0 Å². The molecule has 0 aliphatic heterocycles. The number of hydrogen-bond donors (Lipinski definition) is 0. The van der Waals surface area contributed by atoms with Crippen molar-refractivity contribution in [3.05, 3.63) is 12.2 Å². The van der Waals surface area contributed by atoms with Crippen molar-refractivity contribution < 1.29 is 28.6 Å². The van der Waals surface area contributed by atoms with Crippen LogP contribution < -0.4 is 0 Å². The van der Waals surface area contributed by atoms with Crippen molar-refractivity contribution >= 4 is 17.9 Å². The van der Waals surface area contributed by atoms with Crippen LogP contribution in [0.5, 0.6) is 0 Å². The topological polar surface area (TPSA) is 78.9 Å². The van der Waals surface area contributed by atoms with E-state index in [0.717, 1.165) is 64.2 Å². The zero-order valence-electron chi connectivity index (χ0n) is 42.6. The molecule has 0 fully saturated rings. The fraction of sp³-hybridized carbons (Fsp3) is 0.912. The first-order valence-electron chi connectivity index (χ1n) is 28.2. The van der Waals surface area contributed by atoms with E-state index in [0.29, 0.717) is 19.3 Å². The Morgan fingerprint density at radius 2 is 0.540 bits per heavy atom. The van der Waals surface area contributed by atoms with Gasteiger partial charge in [0.2, 0.25) is 0 Å². The van der Waals surface area contributed by atoms with Crippen molar-refractivity contribution in [2.45, 2.75) is 322 Å². The maximum Gasteiger partial charge on any atom is 0.306 e. The first-order chi connectivity index (χ1) is 31.0. The molecule has 0 radical (unpaired) electrons. The highest BCUT2D eigenvalue weighted by atomic mass is 16.6. The van der Waals surface area contributed by atoms with Crippen LogP contribution in [-0.2, 0) is 28.6 Å². The van der Waals surface area contributed by atoms with Gasteiger partial charge in [0.15, 0.2) is 6.10 Å². The molecule has 0 spiro atoms. The summed E-state index contributed by atoms with van der Waals surface area (Å²) in [7, 11) is 0. The Labute approximate surface area is 392 Å². The normalized spacial score (nSPS) is 12.0.